The molecule has 2 aliphatic rings. The summed E-state index contributed by atoms with van der Waals surface area (Å²) in [5.41, 5.74) is 0.858. The largest absolute Gasteiger partial charge is 0.498 e. The highest BCUT2D eigenvalue weighted by molar-refractivity contribution is 5.94. The highest BCUT2D eigenvalue weighted by Crippen LogP contribution is 2.23. The van der Waals surface area contributed by atoms with E-state index in [0.29, 0.717) is 6.61 Å². The van der Waals surface area contributed by atoms with Gasteiger partial charge in [-0.15, -0.1) is 6.58 Å². The summed E-state index contributed by atoms with van der Waals surface area (Å²) < 4.78 is 11.1. The Morgan fingerprint density at radius 2 is 2.26 bits per heavy atom. The van der Waals surface area contributed by atoms with Crippen molar-refractivity contribution in [1.29, 1.82) is 0 Å². The average Bonchev–Trinajstić information content (AvgIpc) is 2.45. The van der Waals surface area contributed by atoms with E-state index in [1.54, 1.807) is 6.08 Å². The Morgan fingerprint density at radius 1 is 1.53 bits per heavy atom. The normalized spacial score (nSPS) is 21.2. The van der Waals surface area contributed by atoms with E-state index in [1.165, 1.54) is 0 Å². The van der Waals surface area contributed by atoms with Crippen molar-refractivity contribution in [2.24, 2.45) is 0 Å². The van der Waals surface area contributed by atoms with Gasteiger partial charge in [-0.1, -0.05) is 6.08 Å². The number of rotatable bonds is 4. The molecular formula is C15H23NO3. The second-order valence-electron chi connectivity index (χ2n) is 5.10. The zero-order chi connectivity index (χ0) is 13.7. The summed E-state index contributed by atoms with van der Waals surface area (Å²) in [4.78, 5) is 14.3. The van der Waals surface area contributed by atoms with E-state index in [2.05, 4.69) is 6.58 Å². The number of hydrogen-bond donors (Lipinski definition) is 0. The third-order valence-corrected chi connectivity index (χ3v) is 3.75. The monoisotopic (exact) mass is 265 g/mol. The number of likely N-dealkylation sites (tertiary alicyclic amines) is 1. The van der Waals surface area contributed by atoms with Crippen LogP contribution in [0.25, 0.3) is 0 Å². The summed E-state index contributed by atoms with van der Waals surface area (Å²) in [5, 5.41) is 0. The van der Waals surface area contributed by atoms with Gasteiger partial charge < -0.3 is 14.4 Å². The van der Waals surface area contributed by atoms with E-state index in [-0.39, 0.29) is 12.0 Å². The lowest BCUT2D eigenvalue weighted by Gasteiger charge is -2.33. The van der Waals surface area contributed by atoms with E-state index < -0.39 is 0 Å². The van der Waals surface area contributed by atoms with Crippen molar-refractivity contribution < 1.29 is 14.3 Å². The fraction of sp³-hybridized carbons (Fsp3) is 0.667. The van der Waals surface area contributed by atoms with Crippen LogP contribution in [-0.2, 0) is 14.3 Å². The minimum absolute atomic E-state index is 0.152. The third-order valence-electron chi connectivity index (χ3n) is 3.75. The maximum Gasteiger partial charge on any atom is 0.253 e. The summed E-state index contributed by atoms with van der Waals surface area (Å²) in [7, 11) is 0. The summed E-state index contributed by atoms with van der Waals surface area (Å²) >= 11 is 0. The molecule has 1 saturated heterocycles. The maximum absolute atomic E-state index is 12.4. The Hall–Kier alpha value is -1.29. The first-order chi connectivity index (χ1) is 9.22. The molecule has 2 rings (SSSR count). The number of carbonyl (C=O) groups is 1. The van der Waals surface area contributed by atoms with Crippen LogP contribution in [0, 0.1) is 0 Å². The van der Waals surface area contributed by atoms with Gasteiger partial charge in [0, 0.05) is 13.1 Å². The number of piperidine rings is 1. The first kappa shape index (κ1) is 14.1. The summed E-state index contributed by atoms with van der Waals surface area (Å²) in [5.74, 6) is 0.959. The molecule has 0 aromatic carbocycles. The van der Waals surface area contributed by atoms with Crippen molar-refractivity contribution >= 4 is 5.91 Å². The minimum Gasteiger partial charge on any atom is -0.498 e. The standard InChI is InChI=1S/C15H23NO3/c1-3-10-19-13-6-8-16(9-7-13)15(17)14-5-4-11-18-12(14)2/h3,13H,1,4-11H2,2H3. The van der Waals surface area contributed by atoms with Crippen LogP contribution in [0.2, 0.25) is 0 Å². The molecule has 19 heavy (non-hydrogen) atoms. The second kappa shape index (κ2) is 6.75. The smallest absolute Gasteiger partial charge is 0.253 e. The average molecular weight is 265 g/mol. The molecule has 106 valence electrons. The predicted molar refractivity (Wildman–Crippen MR) is 73.6 cm³/mol. The second-order valence-corrected chi connectivity index (χ2v) is 5.10. The maximum atomic E-state index is 12.4. The van der Waals surface area contributed by atoms with Crippen LogP contribution < -0.4 is 0 Å². The number of carbonyl (C=O) groups excluding carboxylic acids is 1. The molecule has 4 heteroatoms. The van der Waals surface area contributed by atoms with Gasteiger partial charge in [0.2, 0.25) is 0 Å². The van der Waals surface area contributed by atoms with Gasteiger partial charge >= 0.3 is 0 Å². The lowest BCUT2D eigenvalue weighted by molar-refractivity contribution is -0.130. The van der Waals surface area contributed by atoms with Gasteiger partial charge in [0.05, 0.1) is 24.9 Å². The number of allylic oxidation sites excluding steroid dienone is 1. The van der Waals surface area contributed by atoms with Crippen LogP contribution >= 0.6 is 0 Å². The molecule has 1 amide bonds. The van der Waals surface area contributed by atoms with Crippen LogP contribution in [0.5, 0.6) is 0 Å². The van der Waals surface area contributed by atoms with Crippen molar-refractivity contribution in [3.8, 4) is 0 Å². The predicted octanol–water partition coefficient (Wildman–Crippen LogP) is 2.26. The number of nitrogens with zero attached hydrogens (tertiary/aromatic N) is 1. The van der Waals surface area contributed by atoms with Gasteiger partial charge in [0.25, 0.3) is 5.91 Å². The number of amides is 1. The SMILES string of the molecule is C=CCOC1CCN(C(=O)C2=C(C)OCCC2)CC1. The Bertz CT molecular complexity index is 368. The number of ether oxygens (including phenoxy) is 2. The first-order valence-corrected chi connectivity index (χ1v) is 7.06. The van der Waals surface area contributed by atoms with Crippen LogP contribution in [0.3, 0.4) is 0 Å². The molecule has 2 aliphatic heterocycles. The lowest BCUT2D eigenvalue weighted by atomic mass is 10.0. The Kier molecular flexibility index (Phi) is 5.02. The van der Waals surface area contributed by atoms with Crippen molar-refractivity contribution in [3.63, 3.8) is 0 Å². The molecule has 0 aliphatic carbocycles. The molecule has 0 spiro atoms. The molecule has 1 fully saturated rings. The zero-order valence-electron chi connectivity index (χ0n) is 11.7. The highest BCUT2D eigenvalue weighted by Gasteiger charge is 2.27. The molecule has 0 aromatic heterocycles. The van der Waals surface area contributed by atoms with Gasteiger partial charge in [-0.05, 0) is 32.6 Å². The molecule has 0 saturated carbocycles. The number of hydrogen-bond acceptors (Lipinski definition) is 3. The zero-order valence-corrected chi connectivity index (χ0v) is 11.7. The Morgan fingerprint density at radius 3 is 2.89 bits per heavy atom. The quantitative estimate of drug-likeness (QED) is 0.732. The summed E-state index contributed by atoms with van der Waals surface area (Å²) in [6, 6.07) is 0. The van der Waals surface area contributed by atoms with Crippen molar-refractivity contribution in [3.05, 3.63) is 24.0 Å². The molecule has 0 N–H and O–H groups in total. The first-order valence-electron chi connectivity index (χ1n) is 7.06. The fourth-order valence-corrected chi connectivity index (χ4v) is 2.62. The lowest BCUT2D eigenvalue weighted by Crippen LogP contribution is -2.42. The Balaban J connectivity index is 1.87. The van der Waals surface area contributed by atoms with E-state index in [9.17, 15) is 4.79 Å². The van der Waals surface area contributed by atoms with Crippen LogP contribution in [-0.4, -0.2) is 43.2 Å². The van der Waals surface area contributed by atoms with Gasteiger partial charge in [0.1, 0.15) is 5.76 Å². The van der Waals surface area contributed by atoms with Crippen LogP contribution in [0.1, 0.15) is 32.6 Å². The van der Waals surface area contributed by atoms with Crippen molar-refractivity contribution in [2.75, 3.05) is 26.3 Å². The van der Waals surface area contributed by atoms with Gasteiger partial charge in [-0.3, -0.25) is 4.79 Å². The third kappa shape index (κ3) is 3.60. The molecule has 2 heterocycles. The molecule has 0 aromatic rings. The van der Waals surface area contributed by atoms with E-state index >= 15 is 0 Å². The molecule has 0 atom stereocenters. The Labute approximate surface area is 115 Å². The minimum atomic E-state index is 0.152. The van der Waals surface area contributed by atoms with Crippen molar-refractivity contribution in [1.82, 2.24) is 4.90 Å². The topological polar surface area (TPSA) is 38.8 Å². The molecule has 4 nitrogen and oxygen atoms in total. The van der Waals surface area contributed by atoms with Crippen LogP contribution in [0.4, 0.5) is 0 Å². The van der Waals surface area contributed by atoms with E-state index in [0.717, 1.165) is 56.7 Å². The highest BCUT2D eigenvalue weighted by atomic mass is 16.5. The summed E-state index contributed by atoms with van der Waals surface area (Å²) in [6.45, 7) is 8.42. The van der Waals surface area contributed by atoms with Crippen LogP contribution in [0.15, 0.2) is 24.0 Å². The van der Waals surface area contributed by atoms with E-state index in [1.807, 2.05) is 11.8 Å². The molecule has 0 radical (unpaired) electrons. The summed E-state index contributed by atoms with van der Waals surface area (Å²) in [6.07, 6.45) is 5.64. The van der Waals surface area contributed by atoms with Gasteiger partial charge in [-0.2, -0.15) is 0 Å². The van der Waals surface area contributed by atoms with Gasteiger partial charge in [-0.25, -0.2) is 0 Å². The van der Waals surface area contributed by atoms with E-state index in [4.69, 9.17) is 9.47 Å². The molecular weight excluding hydrogens is 242 g/mol. The van der Waals surface area contributed by atoms with Crippen molar-refractivity contribution in [2.45, 2.75) is 38.7 Å². The fourth-order valence-electron chi connectivity index (χ4n) is 2.62. The molecule has 0 bridgehead atoms. The molecule has 0 unspecified atom stereocenters. The van der Waals surface area contributed by atoms with Gasteiger partial charge in [0.15, 0.2) is 0 Å².